The van der Waals surface area contributed by atoms with Crippen LogP contribution in [0.1, 0.15) is 37.0 Å². The predicted octanol–water partition coefficient (Wildman–Crippen LogP) is 3.61. The molecule has 2 fully saturated rings. The highest BCUT2D eigenvalue weighted by molar-refractivity contribution is 5.89. The minimum atomic E-state index is -0.139. The fraction of sp³-hybridized carbons (Fsp3) is 0.500. The van der Waals surface area contributed by atoms with Gasteiger partial charge >= 0.3 is 6.03 Å². The number of nitrogens with zero attached hydrogens (tertiary/aromatic N) is 2. The number of furan rings is 1. The molecular weight excluding hydrogens is 392 g/mol. The molecule has 1 aliphatic heterocycles. The number of benzene rings is 1. The van der Waals surface area contributed by atoms with Gasteiger partial charge in [0.05, 0.1) is 18.8 Å². The monoisotopic (exact) mass is 424 g/mol. The highest BCUT2D eigenvalue weighted by atomic mass is 16.3. The van der Waals surface area contributed by atoms with E-state index < -0.39 is 0 Å². The van der Waals surface area contributed by atoms with Crippen LogP contribution in [0.5, 0.6) is 0 Å². The zero-order valence-corrected chi connectivity index (χ0v) is 18.2. The van der Waals surface area contributed by atoms with E-state index in [1.807, 2.05) is 48.2 Å². The van der Waals surface area contributed by atoms with E-state index in [4.69, 9.17) is 4.42 Å². The molecule has 0 bridgehead atoms. The van der Waals surface area contributed by atoms with Crippen LogP contribution in [0.15, 0.2) is 47.1 Å². The van der Waals surface area contributed by atoms with Gasteiger partial charge in [-0.1, -0.05) is 30.5 Å². The maximum absolute atomic E-state index is 13.1. The Kier molecular flexibility index (Phi) is 6.92. The first-order valence-corrected chi connectivity index (χ1v) is 11.3. The summed E-state index contributed by atoms with van der Waals surface area (Å²) < 4.78 is 5.35. The van der Waals surface area contributed by atoms with Gasteiger partial charge in [-0.25, -0.2) is 4.79 Å². The van der Waals surface area contributed by atoms with Crippen molar-refractivity contribution in [3.05, 3.63) is 54.0 Å². The van der Waals surface area contributed by atoms with E-state index in [1.165, 1.54) is 12.8 Å². The van der Waals surface area contributed by atoms with Crippen LogP contribution in [0.2, 0.25) is 0 Å². The second kappa shape index (κ2) is 10.0. The van der Waals surface area contributed by atoms with Gasteiger partial charge in [0, 0.05) is 31.9 Å². The Balaban J connectivity index is 1.33. The third-order valence-electron chi connectivity index (χ3n) is 6.43. The van der Waals surface area contributed by atoms with E-state index in [1.54, 1.807) is 6.26 Å². The number of carbonyl (C=O) groups excluding carboxylic acids is 2. The zero-order chi connectivity index (χ0) is 21.6. The number of hydrogen-bond acceptors (Lipinski definition) is 4. The van der Waals surface area contributed by atoms with Crippen LogP contribution in [-0.4, -0.2) is 54.0 Å². The molecule has 1 saturated carbocycles. The van der Waals surface area contributed by atoms with Crippen molar-refractivity contribution in [1.82, 2.24) is 15.1 Å². The number of rotatable bonds is 6. The molecule has 2 N–H and O–H groups in total. The molecule has 0 radical (unpaired) electrons. The van der Waals surface area contributed by atoms with Gasteiger partial charge in [-0.3, -0.25) is 9.69 Å². The van der Waals surface area contributed by atoms with E-state index in [2.05, 4.69) is 15.5 Å². The summed E-state index contributed by atoms with van der Waals surface area (Å²) in [5.74, 6) is 1.21. The van der Waals surface area contributed by atoms with Crippen LogP contribution >= 0.6 is 0 Å². The topological polar surface area (TPSA) is 77.8 Å². The summed E-state index contributed by atoms with van der Waals surface area (Å²) in [6.45, 7) is 5.08. The first-order chi connectivity index (χ1) is 15.1. The molecule has 4 rings (SSSR count). The smallest absolute Gasteiger partial charge is 0.321 e. The van der Waals surface area contributed by atoms with Crippen molar-refractivity contribution in [3.8, 4) is 0 Å². The summed E-state index contributed by atoms with van der Waals surface area (Å²) in [4.78, 5) is 29.9. The molecule has 1 aliphatic carbocycles. The molecule has 7 heteroatoms. The lowest BCUT2D eigenvalue weighted by Gasteiger charge is -2.40. The number of nitrogens with one attached hydrogen (secondary N) is 2. The van der Waals surface area contributed by atoms with Gasteiger partial charge < -0.3 is 20.0 Å². The van der Waals surface area contributed by atoms with E-state index in [-0.39, 0.29) is 18.0 Å². The Labute approximate surface area is 183 Å². The van der Waals surface area contributed by atoms with Gasteiger partial charge in [-0.15, -0.1) is 0 Å². The van der Waals surface area contributed by atoms with Crippen LogP contribution in [0.3, 0.4) is 0 Å². The summed E-state index contributed by atoms with van der Waals surface area (Å²) in [7, 11) is 0. The maximum atomic E-state index is 13.1. The molecule has 166 valence electrons. The van der Waals surface area contributed by atoms with E-state index in [0.29, 0.717) is 38.6 Å². The normalized spacial score (nSPS) is 18.7. The number of anilines is 1. The van der Waals surface area contributed by atoms with Crippen LogP contribution in [0, 0.1) is 12.8 Å². The Hall–Kier alpha value is -2.80. The molecular formula is C24H32N4O3. The molecule has 0 unspecified atom stereocenters. The standard InChI is InChI=1S/C24H32N4O3/c1-18-8-10-20(11-9-18)26-24(30)28-14-12-27(13-15-28)22(19-5-2-3-6-19)23(29)25-17-21-7-4-16-31-21/h4,7-11,16,19,22H,2-3,5-6,12-15,17H2,1H3,(H,25,29)(H,26,30)/t22-/m0/s1. The first-order valence-electron chi connectivity index (χ1n) is 11.3. The molecule has 1 atom stereocenters. The van der Waals surface area contributed by atoms with E-state index in [0.717, 1.165) is 29.9 Å². The van der Waals surface area contributed by atoms with Gasteiger partial charge in [0.1, 0.15) is 5.76 Å². The molecule has 2 aromatic rings. The van der Waals surface area contributed by atoms with Crippen LogP contribution in [0.4, 0.5) is 10.5 Å². The fourth-order valence-electron chi connectivity index (χ4n) is 4.69. The largest absolute Gasteiger partial charge is 0.467 e. The predicted molar refractivity (Wildman–Crippen MR) is 120 cm³/mol. The Bertz CT molecular complexity index is 851. The van der Waals surface area contributed by atoms with Gasteiger partial charge in [0.2, 0.25) is 5.91 Å². The first kappa shape index (κ1) is 21.4. The van der Waals surface area contributed by atoms with Crippen LogP contribution in [-0.2, 0) is 11.3 Å². The number of amides is 3. The third kappa shape index (κ3) is 5.47. The lowest BCUT2D eigenvalue weighted by atomic mass is 9.95. The van der Waals surface area contributed by atoms with Gasteiger partial charge in [0.25, 0.3) is 0 Å². The van der Waals surface area contributed by atoms with Gasteiger partial charge in [-0.05, 0) is 49.9 Å². The molecule has 31 heavy (non-hydrogen) atoms. The summed E-state index contributed by atoms with van der Waals surface area (Å²) in [6.07, 6.45) is 6.17. The minimum Gasteiger partial charge on any atom is -0.467 e. The van der Waals surface area contributed by atoms with Crippen molar-refractivity contribution in [3.63, 3.8) is 0 Å². The number of carbonyl (C=O) groups is 2. The zero-order valence-electron chi connectivity index (χ0n) is 18.2. The maximum Gasteiger partial charge on any atom is 0.321 e. The second-order valence-electron chi connectivity index (χ2n) is 8.61. The van der Waals surface area contributed by atoms with Crippen molar-refractivity contribution in [2.75, 3.05) is 31.5 Å². The SMILES string of the molecule is Cc1ccc(NC(=O)N2CCN([C@H](C(=O)NCc3ccco3)C3CCCC3)CC2)cc1. The molecule has 1 saturated heterocycles. The number of aryl methyl sites for hydroxylation is 1. The number of piperazine rings is 1. The molecule has 1 aromatic heterocycles. The average Bonchev–Trinajstić information content (AvgIpc) is 3.49. The molecule has 1 aromatic carbocycles. The molecule has 7 nitrogen and oxygen atoms in total. The van der Waals surface area contributed by atoms with Crippen LogP contribution < -0.4 is 10.6 Å². The van der Waals surface area contributed by atoms with Gasteiger partial charge in [-0.2, -0.15) is 0 Å². The average molecular weight is 425 g/mol. The highest BCUT2D eigenvalue weighted by Crippen LogP contribution is 2.31. The van der Waals surface area contributed by atoms with Crippen molar-refractivity contribution in [2.45, 2.75) is 45.2 Å². The number of hydrogen-bond donors (Lipinski definition) is 2. The molecule has 0 spiro atoms. The second-order valence-corrected chi connectivity index (χ2v) is 8.61. The lowest BCUT2D eigenvalue weighted by Crippen LogP contribution is -2.58. The Morgan fingerprint density at radius 3 is 2.42 bits per heavy atom. The van der Waals surface area contributed by atoms with Gasteiger partial charge in [0.15, 0.2) is 0 Å². The number of urea groups is 1. The van der Waals surface area contributed by atoms with Crippen LogP contribution in [0.25, 0.3) is 0 Å². The molecule has 2 aliphatic rings. The third-order valence-corrected chi connectivity index (χ3v) is 6.43. The molecule has 3 amide bonds. The summed E-state index contributed by atoms with van der Waals surface area (Å²) in [6, 6.07) is 11.3. The summed E-state index contributed by atoms with van der Waals surface area (Å²) in [5, 5.41) is 6.04. The Morgan fingerprint density at radius 1 is 1.06 bits per heavy atom. The van der Waals surface area contributed by atoms with Crippen molar-refractivity contribution in [1.29, 1.82) is 0 Å². The van der Waals surface area contributed by atoms with E-state index in [9.17, 15) is 9.59 Å². The summed E-state index contributed by atoms with van der Waals surface area (Å²) in [5.41, 5.74) is 1.97. The fourth-order valence-corrected chi connectivity index (χ4v) is 4.69. The quantitative estimate of drug-likeness (QED) is 0.743. The minimum absolute atomic E-state index is 0.0702. The van der Waals surface area contributed by atoms with Crippen molar-refractivity contribution < 1.29 is 14.0 Å². The lowest BCUT2D eigenvalue weighted by molar-refractivity contribution is -0.129. The van der Waals surface area contributed by atoms with E-state index >= 15 is 0 Å². The Morgan fingerprint density at radius 2 is 1.77 bits per heavy atom. The molecule has 2 heterocycles. The van der Waals surface area contributed by atoms with Crippen molar-refractivity contribution >= 4 is 17.6 Å². The van der Waals surface area contributed by atoms with Crippen molar-refractivity contribution in [2.24, 2.45) is 5.92 Å². The highest BCUT2D eigenvalue weighted by Gasteiger charge is 2.37. The summed E-state index contributed by atoms with van der Waals surface area (Å²) >= 11 is 0.